The molecule has 2 N–H and O–H groups in total. The predicted octanol–water partition coefficient (Wildman–Crippen LogP) is 2.76. The Hall–Kier alpha value is -0.770. The van der Waals surface area contributed by atoms with Gasteiger partial charge in [-0.25, -0.2) is 4.79 Å². The average Bonchev–Trinajstić information content (AvgIpc) is 2.27. The van der Waals surface area contributed by atoms with Crippen LogP contribution in [0.2, 0.25) is 0 Å². The number of hydrogen-bond acceptors (Lipinski definition) is 3. The van der Waals surface area contributed by atoms with Crippen LogP contribution in [0.5, 0.6) is 0 Å². The first kappa shape index (κ1) is 15.3. The van der Waals surface area contributed by atoms with Gasteiger partial charge in [0.2, 0.25) is 0 Å². The summed E-state index contributed by atoms with van der Waals surface area (Å²) in [4.78, 5) is 13.7. The van der Waals surface area contributed by atoms with Gasteiger partial charge in [0, 0.05) is 13.1 Å². The van der Waals surface area contributed by atoms with E-state index in [2.05, 4.69) is 0 Å². The number of amides is 1. The molecule has 0 spiro atoms. The minimum Gasteiger partial charge on any atom is -0.444 e. The van der Waals surface area contributed by atoms with E-state index in [1.807, 2.05) is 27.8 Å². The molecule has 0 radical (unpaired) electrons. The molecule has 4 heteroatoms. The highest BCUT2D eigenvalue weighted by atomic mass is 16.6. The molecule has 1 saturated carbocycles. The van der Waals surface area contributed by atoms with Crippen molar-refractivity contribution >= 4 is 6.09 Å². The SMILES string of the molecule is CN(C(=O)OC(C)(C)C)[C@H]1CC[C@H](CCN)CC1. The first-order chi connectivity index (χ1) is 8.33. The van der Waals surface area contributed by atoms with Gasteiger partial charge in [-0.1, -0.05) is 0 Å². The van der Waals surface area contributed by atoms with Crippen molar-refractivity contribution in [3.8, 4) is 0 Å². The number of hydrogen-bond donors (Lipinski definition) is 1. The summed E-state index contributed by atoms with van der Waals surface area (Å²) in [5.74, 6) is 0.748. The number of carbonyl (C=O) groups is 1. The maximum atomic E-state index is 11.9. The number of carbonyl (C=O) groups excluding carboxylic acids is 1. The van der Waals surface area contributed by atoms with Crippen LogP contribution in [0.4, 0.5) is 4.79 Å². The van der Waals surface area contributed by atoms with Crippen molar-refractivity contribution in [3.63, 3.8) is 0 Å². The molecule has 4 nitrogen and oxygen atoms in total. The van der Waals surface area contributed by atoms with Gasteiger partial charge in [0.05, 0.1) is 0 Å². The molecule has 106 valence electrons. The molecule has 0 unspecified atom stereocenters. The molecule has 1 aliphatic carbocycles. The molecule has 18 heavy (non-hydrogen) atoms. The maximum absolute atomic E-state index is 11.9. The molecule has 0 aliphatic heterocycles. The third kappa shape index (κ3) is 4.84. The Bertz CT molecular complexity index is 265. The highest BCUT2D eigenvalue weighted by Crippen LogP contribution is 2.29. The van der Waals surface area contributed by atoms with Crippen LogP contribution in [0.15, 0.2) is 0 Å². The van der Waals surface area contributed by atoms with E-state index < -0.39 is 5.60 Å². The molecule has 1 aliphatic rings. The van der Waals surface area contributed by atoms with Crippen molar-refractivity contribution in [1.29, 1.82) is 0 Å². The van der Waals surface area contributed by atoms with Crippen LogP contribution in [0.1, 0.15) is 52.9 Å². The van der Waals surface area contributed by atoms with E-state index in [9.17, 15) is 4.79 Å². The Morgan fingerprint density at radius 1 is 1.28 bits per heavy atom. The molecule has 1 fully saturated rings. The van der Waals surface area contributed by atoms with Gasteiger partial charge < -0.3 is 15.4 Å². The predicted molar refractivity (Wildman–Crippen MR) is 73.4 cm³/mol. The van der Waals surface area contributed by atoms with Crippen LogP contribution in [0.25, 0.3) is 0 Å². The van der Waals surface area contributed by atoms with E-state index in [4.69, 9.17) is 10.5 Å². The van der Waals surface area contributed by atoms with Crippen molar-refractivity contribution in [2.24, 2.45) is 11.7 Å². The van der Waals surface area contributed by atoms with Crippen molar-refractivity contribution < 1.29 is 9.53 Å². The van der Waals surface area contributed by atoms with E-state index in [1.165, 1.54) is 12.8 Å². The van der Waals surface area contributed by atoms with Gasteiger partial charge in [-0.15, -0.1) is 0 Å². The normalized spacial score (nSPS) is 24.7. The minimum absolute atomic E-state index is 0.204. The van der Waals surface area contributed by atoms with Crippen molar-refractivity contribution in [3.05, 3.63) is 0 Å². The lowest BCUT2D eigenvalue weighted by molar-refractivity contribution is 0.0171. The van der Waals surface area contributed by atoms with Crippen LogP contribution >= 0.6 is 0 Å². The van der Waals surface area contributed by atoms with Crippen molar-refractivity contribution in [1.82, 2.24) is 4.90 Å². The van der Waals surface area contributed by atoms with E-state index in [1.54, 1.807) is 4.90 Å². The lowest BCUT2D eigenvalue weighted by atomic mass is 9.84. The summed E-state index contributed by atoms with van der Waals surface area (Å²) in [5.41, 5.74) is 5.17. The van der Waals surface area contributed by atoms with Gasteiger partial charge in [-0.2, -0.15) is 0 Å². The second kappa shape index (κ2) is 6.41. The van der Waals surface area contributed by atoms with E-state index in [0.29, 0.717) is 6.04 Å². The average molecular weight is 256 g/mol. The zero-order valence-electron chi connectivity index (χ0n) is 12.2. The lowest BCUT2D eigenvalue weighted by Gasteiger charge is -2.35. The molecule has 0 bridgehead atoms. The minimum atomic E-state index is -0.415. The van der Waals surface area contributed by atoms with E-state index in [0.717, 1.165) is 31.7 Å². The summed E-state index contributed by atoms with van der Waals surface area (Å²) < 4.78 is 5.39. The molecule has 0 saturated heterocycles. The van der Waals surface area contributed by atoms with Crippen LogP contribution in [-0.2, 0) is 4.74 Å². The molecule has 0 heterocycles. The fraction of sp³-hybridized carbons (Fsp3) is 0.929. The molecular formula is C14H28N2O2. The zero-order chi connectivity index (χ0) is 13.8. The Kier molecular flexibility index (Phi) is 5.45. The largest absolute Gasteiger partial charge is 0.444 e. The van der Waals surface area contributed by atoms with Crippen LogP contribution in [0, 0.1) is 5.92 Å². The Labute approximate surface area is 111 Å². The molecule has 0 aromatic heterocycles. The second-order valence-corrected chi connectivity index (χ2v) is 6.34. The molecule has 0 aromatic carbocycles. The number of nitrogens with two attached hydrogens (primary N) is 1. The number of ether oxygens (including phenoxy) is 1. The van der Waals surface area contributed by atoms with E-state index in [-0.39, 0.29) is 6.09 Å². The fourth-order valence-electron chi connectivity index (χ4n) is 2.54. The molecule has 0 atom stereocenters. The Morgan fingerprint density at radius 2 is 1.83 bits per heavy atom. The Balaban J connectivity index is 2.40. The van der Waals surface area contributed by atoms with Gasteiger partial charge in [0.15, 0.2) is 0 Å². The highest BCUT2D eigenvalue weighted by Gasteiger charge is 2.28. The second-order valence-electron chi connectivity index (χ2n) is 6.34. The summed E-state index contributed by atoms with van der Waals surface area (Å²) in [6.45, 7) is 6.47. The molecule has 1 amide bonds. The zero-order valence-corrected chi connectivity index (χ0v) is 12.2. The van der Waals surface area contributed by atoms with Gasteiger partial charge in [-0.05, 0) is 65.3 Å². The van der Waals surface area contributed by atoms with Crippen LogP contribution < -0.4 is 5.73 Å². The monoisotopic (exact) mass is 256 g/mol. The molecular weight excluding hydrogens is 228 g/mol. The summed E-state index contributed by atoms with van der Waals surface area (Å²) in [5, 5.41) is 0. The topological polar surface area (TPSA) is 55.6 Å². The summed E-state index contributed by atoms with van der Waals surface area (Å²) in [6.07, 6.45) is 5.40. The quantitative estimate of drug-likeness (QED) is 0.844. The van der Waals surface area contributed by atoms with Gasteiger partial charge in [-0.3, -0.25) is 0 Å². The summed E-state index contributed by atoms with van der Waals surface area (Å²) in [6, 6.07) is 0.328. The van der Waals surface area contributed by atoms with Crippen molar-refractivity contribution in [2.45, 2.75) is 64.5 Å². The smallest absolute Gasteiger partial charge is 0.410 e. The standard InChI is InChI=1S/C14H28N2O2/c1-14(2,3)18-13(17)16(4)12-7-5-11(6-8-12)9-10-15/h11-12H,5-10,15H2,1-4H3/t11-,12-. The highest BCUT2D eigenvalue weighted by molar-refractivity contribution is 5.68. The lowest BCUT2D eigenvalue weighted by Crippen LogP contribution is -2.42. The van der Waals surface area contributed by atoms with Gasteiger partial charge in [0.25, 0.3) is 0 Å². The maximum Gasteiger partial charge on any atom is 0.410 e. The molecule has 0 aromatic rings. The fourth-order valence-corrected chi connectivity index (χ4v) is 2.54. The van der Waals surface area contributed by atoms with Crippen LogP contribution in [0.3, 0.4) is 0 Å². The third-order valence-electron chi connectivity index (χ3n) is 3.62. The number of rotatable bonds is 3. The molecule has 1 rings (SSSR count). The third-order valence-corrected chi connectivity index (χ3v) is 3.62. The Morgan fingerprint density at radius 3 is 2.28 bits per heavy atom. The van der Waals surface area contributed by atoms with Gasteiger partial charge >= 0.3 is 6.09 Å². The summed E-state index contributed by atoms with van der Waals surface area (Å²) >= 11 is 0. The van der Waals surface area contributed by atoms with Gasteiger partial charge in [0.1, 0.15) is 5.60 Å². The number of nitrogens with zero attached hydrogens (tertiary/aromatic N) is 1. The van der Waals surface area contributed by atoms with Crippen molar-refractivity contribution in [2.75, 3.05) is 13.6 Å². The van der Waals surface area contributed by atoms with Crippen LogP contribution in [-0.4, -0.2) is 36.2 Å². The first-order valence-corrected chi connectivity index (χ1v) is 6.99. The first-order valence-electron chi connectivity index (χ1n) is 6.99. The summed E-state index contributed by atoms with van der Waals surface area (Å²) in [7, 11) is 1.85. The van der Waals surface area contributed by atoms with E-state index >= 15 is 0 Å².